The molecule has 4 heteroatoms. The highest BCUT2D eigenvalue weighted by Gasteiger charge is 2.10. The third-order valence-corrected chi connectivity index (χ3v) is 3.68. The molecular formula is C20H20N4. The van der Waals surface area contributed by atoms with Gasteiger partial charge in [0.15, 0.2) is 5.82 Å². The molecule has 3 aromatic rings. The third kappa shape index (κ3) is 3.66. The van der Waals surface area contributed by atoms with Crippen LogP contribution in [-0.4, -0.2) is 21.0 Å². The number of rotatable bonds is 4. The highest BCUT2D eigenvalue weighted by molar-refractivity contribution is 6.02. The van der Waals surface area contributed by atoms with Gasteiger partial charge in [0, 0.05) is 13.2 Å². The molecular weight excluding hydrogens is 296 g/mol. The molecule has 2 aromatic carbocycles. The largest absolute Gasteiger partial charge is 0.332 e. The molecule has 120 valence electrons. The van der Waals surface area contributed by atoms with E-state index in [9.17, 15) is 0 Å². The van der Waals surface area contributed by atoms with Crippen molar-refractivity contribution in [3.8, 4) is 0 Å². The average molecular weight is 316 g/mol. The number of imidazole rings is 1. The molecule has 3 rings (SSSR count). The Morgan fingerprint density at radius 3 is 1.83 bits per heavy atom. The second kappa shape index (κ2) is 7.04. The molecule has 0 atom stereocenters. The molecule has 4 nitrogen and oxygen atoms in total. The van der Waals surface area contributed by atoms with Crippen molar-refractivity contribution >= 4 is 22.8 Å². The summed E-state index contributed by atoms with van der Waals surface area (Å²) in [5.41, 5.74) is 4.48. The number of benzene rings is 2. The van der Waals surface area contributed by atoms with Crippen molar-refractivity contribution in [2.45, 2.75) is 13.8 Å². The van der Waals surface area contributed by atoms with Gasteiger partial charge in [-0.15, -0.1) is 0 Å². The molecule has 1 aromatic heterocycles. The van der Waals surface area contributed by atoms with Gasteiger partial charge in [-0.1, -0.05) is 36.4 Å². The molecule has 0 aliphatic heterocycles. The lowest BCUT2D eigenvalue weighted by molar-refractivity contribution is 0.896. The number of aromatic nitrogens is 2. The van der Waals surface area contributed by atoms with Crippen LogP contribution in [0.2, 0.25) is 0 Å². The molecule has 0 fully saturated rings. The van der Waals surface area contributed by atoms with Crippen molar-refractivity contribution in [3.05, 3.63) is 78.4 Å². The Bertz CT molecular complexity index is 875. The lowest BCUT2D eigenvalue weighted by atomic mass is 10.3. The summed E-state index contributed by atoms with van der Waals surface area (Å²) in [6, 6.07) is 19.8. The second-order valence-corrected chi connectivity index (χ2v) is 5.63. The number of nitrogens with zero attached hydrogens (tertiary/aromatic N) is 4. The van der Waals surface area contributed by atoms with E-state index in [-0.39, 0.29) is 0 Å². The molecule has 1 heterocycles. The average Bonchev–Trinajstić information content (AvgIpc) is 2.99. The van der Waals surface area contributed by atoms with E-state index in [2.05, 4.69) is 9.98 Å². The molecule has 0 saturated carbocycles. The maximum Gasteiger partial charge on any atom is 0.154 e. The van der Waals surface area contributed by atoms with E-state index in [4.69, 9.17) is 4.98 Å². The Morgan fingerprint density at radius 2 is 1.29 bits per heavy atom. The zero-order valence-electron chi connectivity index (χ0n) is 14.1. The summed E-state index contributed by atoms with van der Waals surface area (Å²) in [6.45, 7) is 3.95. The Kier molecular flexibility index (Phi) is 4.66. The number of aryl methyl sites for hydroxylation is 1. The zero-order valence-corrected chi connectivity index (χ0v) is 14.1. The first kappa shape index (κ1) is 15.9. The van der Waals surface area contributed by atoms with E-state index in [0.29, 0.717) is 0 Å². The summed E-state index contributed by atoms with van der Waals surface area (Å²) in [5, 5.41) is 0. The smallest absolute Gasteiger partial charge is 0.154 e. The van der Waals surface area contributed by atoms with Crippen LogP contribution in [0.15, 0.2) is 76.8 Å². The predicted octanol–water partition coefficient (Wildman–Crippen LogP) is 4.70. The van der Waals surface area contributed by atoms with E-state index in [1.54, 1.807) is 0 Å². The van der Waals surface area contributed by atoms with Crippen LogP contribution >= 0.6 is 0 Å². The SMILES string of the molecule is C/C(=N\c1ccccc1)c1cn(C)c(/C(C)=N/c2ccccc2)n1. The van der Waals surface area contributed by atoms with Crippen LogP contribution in [0.3, 0.4) is 0 Å². The highest BCUT2D eigenvalue weighted by Crippen LogP contribution is 2.15. The third-order valence-electron chi connectivity index (χ3n) is 3.68. The van der Waals surface area contributed by atoms with Gasteiger partial charge >= 0.3 is 0 Å². The van der Waals surface area contributed by atoms with Crippen molar-refractivity contribution in [1.29, 1.82) is 0 Å². The van der Waals surface area contributed by atoms with Crippen molar-refractivity contribution < 1.29 is 0 Å². The lowest BCUT2D eigenvalue weighted by Crippen LogP contribution is -2.04. The number of para-hydroxylation sites is 2. The number of hydrogen-bond acceptors (Lipinski definition) is 3. The first-order valence-electron chi connectivity index (χ1n) is 7.88. The number of aliphatic imine (C=N–C) groups is 2. The van der Waals surface area contributed by atoms with Gasteiger partial charge in [-0.25, -0.2) is 9.98 Å². The Labute approximate surface area is 142 Å². The Morgan fingerprint density at radius 1 is 0.792 bits per heavy atom. The molecule has 0 aliphatic rings. The van der Waals surface area contributed by atoms with E-state index in [1.807, 2.05) is 92.3 Å². The minimum absolute atomic E-state index is 0.844. The normalized spacial score (nSPS) is 12.5. The fourth-order valence-corrected chi connectivity index (χ4v) is 2.48. The summed E-state index contributed by atoms with van der Waals surface area (Å²) >= 11 is 0. The Hall–Kier alpha value is -3.01. The maximum absolute atomic E-state index is 4.70. The van der Waals surface area contributed by atoms with E-state index < -0.39 is 0 Å². The van der Waals surface area contributed by atoms with Crippen LogP contribution in [-0.2, 0) is 7.05 Å². The minimum Gasteiger partial charge on any atom is -0.332 e. The van der Waals surface area contributed by atoms with E-state index >= 15 is 0 Å². The highest BCUT2D eigenvalue weighted by atomic mass is 15.1. The minimum atomic E-state index is 0.844. The fourth-order valence-electron chi connectivity index (χ4n) is 2.48. The monoisotopic (exact) mass is 316 g/mol. The van der Waals surface area contributed by atoms with Gasteiger partial charge in [0.25, 0.3) is 0 Å². The quantitative estimate of drug-likeness (QED) is 0.643. The van der Waals surface area contributed by atoms with Gasteiger partial charge in [0.2, 0.25) is 0 Å². The van der Waals surface area contributed by atoms with Gasteiger partial charge in [-0.05, 0) is 38.1 Å². The second-order valence-electron chi connectivity index (χ2n) is 5.63. The van der Waals surface area contributed by atoms with Crippen LogP contribution in [0.25, 0.3) is 0 Å². The zero-order chi connectivity index (χ0) is 16.9. The predicted molar refractivity (Wildman–Crippen MR) is 99.8 cm³/mol. The summed E-state index contributed by atoms with van der Waals surface area (Å²) in [4.78, 5) is 14.0. The molecule has 24 heavy (non-hydrogen) atoms. The van der Waals surface area contributed by atoms with E-state index in [0.717, 1.165) is 34.3 Å². The summed E-state index contributed by atoms with van der Waals surface area (Å²) in [6.07, 6.45) is 1.99. The van der Waals surface area contributed by atoms with Crippen LogP contribution in [0, 0.1) is 0 Å². The standard InChI is InChI=1S/C20H20N4/c1-15(21-17-10-6-4-7-11-17)19-14-24(3)20(23-19)16(2)22-18-12-8-5-9-13-18/h4-14H,1-3H3/b21-15+,22-16+. The number of hydrogen-bond donors (Lipinski definition) is 0. The Balaban J connectivity index is 1.90. The molecule has 0 saturated heterocycles. The summed E-state index contributed by atoms with van der Waals surface area (Å²) < 4.78 is 1.99. The summed E-state index contributed by atoms with van der Waals surface area (Å²) in [7, 11) is 1.98. The van der Waals surface area contributed by atoms with Crippen LogP contribution in [0.4, 0.5) is 11.4 Å². The fraction of sp³-hybridized carbons (Fsp3) is 0.150. The van der Waals surface area contributed by atoms with Crippen molar-refractivity contribution in [2.24, 2.45) is 17.0 Å². The van der Waals surface area contributed by atoms with Crippen LogP contribution < -0.4 is 0 Å². The van der Waals surface area contributed by atoms with Crippen LogP contribution in [0.5, 0.6) is 0 Å². The maximum atomic E-state index is 4.70. The molecule has 0 amide bonds. The van der Waals surface area contributed by atoms with Gasteiger partial charge in [0.05, 0.1) is 22.8 Å². The molecule has 0 spiro atoms. The van der Waals surface area contributed by atoms with Crippen molar-refractivity contribution in [1.82, 2.24) is 9.55 Å². The molecule has 0 aliphatic carbocycles. The molecule has 0 unspecified atom stereocenters. The van der Waals surface area contributed by atoms with Crippen molar-refractivity contribution in [2.75, 3.05) is 0 Å². The molecule has 0 bridgehead atoms. The summed E-state index contributed by atoms with van der Waals surface area (Å²) in [5.74, 6) is 0.844. The van der Waals surface area contributed by atoms with Crippen LogP contribution in [0.1, 0.15) is 25.4 Å². The van der Waals surface area contributed by atoms with Gasteiger partial charge < -0.3 is 4.57 Å². The van der Waals surface area contributed by atoms with E-state index in [1.165, 1.54) is 0 Å². The van der Waals surface area contributed by atoms with Gasteiger partial charge in [-0.3, -0.25) is 4.99 Å². The molecule has 0 radical (unpaired) electrons. The topological polar surface area (TPSA) is 42.5 Å². The molecule has 0 N–H and O–H groups in total. The van der Waals surface area contributed by atoms with Gasteiger partial charge in [-0.2, -0.15) is 0 Å². The first-order valence-corrected chi connectivity index (χ1v) is 7.88. The van der Waals surface area contributed by atoms with Crippen molar-refractivity contribution in [3.63, 3.8) is 0 Å². The lowest BCUT2D eigenvalue weighted by Gasteiger charge is -2.00. The van der Waals surface area contributed by atoms with Gasteiger partial charge in [0.1, 0.15) is 5.69 Å². The first-order chi connectivity index (χ1) is 11.6.